The Morgan fingerprint density at radius 1 is 1.26 bits per heavy atom. The van der Waals surface area contributed by atoms with Gasteiger partial charge in [0.2, 0.25) is 11.6 Å². The van der Waals surface area contributed by atoms with Crippen LogP contribution in [0.4, 0.5) is 5.69 Å². The topological polar surface area (TPSA) is 146 Å². The van der Waals surface area contributed by atoms with Crippen LogP contribution in [0.2, 0.25) is 0 Å². The molecule has 0 fully saturated rings. The van der Waals surface area contributed by atoms with Crippen LogP contribution in [0.3, 0.4) is 0 Å². The maximum Gasteiger partial charge on any atom is 0.239 e. The van der Waals surface area contributed by atoms with Crippen molar-refractivity contribution in [1.29, 1.82) is 0 Å². The number of hydrogen-bond donors (Lipinski definition) is 4. The van der Waals surface area contributed by atoms with Crippen LogP contribution in [0.5, 0.6) is 0 Å². The number of tetrazole rings is 1. The molecule has 0 spiro atoms. The quantitative estimate of drug-likeness (QED) is 0.237. The highest BCUT2D eigenvalue weighted by atomic mass is 16.3. The van der Waals surface area contributed by atoms with E-state index in [-0.39, 0.29) is 17.3 Å². The van der Waals surface area contributed by atoms with Crippen LogP contribution in [0, 0.1) is 0 Å². The minimum atomic E-state index is -0.441. The average molecular weight is 311 g/mol. The molecule has 0 aliphatic heterocycles. The first-order valence-electron chi connectivity index (χ1n) is 6.69. The van der Waals surface area contributed by atoms with E-state index in [1.807, 2.05) is 12.1 Å². The Labute approximate surface area is 130 Å². The predicted molar refractivity (Wildman–Crippen MR) is 81.4 cm³/mol. The van der Waals surface area contributed by atoms with Crippen molar-refractivity contribution in [1.82, 2.24) is 30.8 Å². The number of benzene rings is 1. The highest BCUT2D eigenvalue weighted by molar-refractivity contribution is 6.06. The summed E-state index contributed by atoms with van der Waals surface area (Å²) in [6, 6.07) is 9.03. The van der Waals surface area contributed by atoms with Crippen molar-refractivity contribution in [3.63, 3.8) is 0 Å². The molecule has 0 saturated carbocycles. The summed E-state index contributed by atoms with van der Waals surface area (Å²) >= 11 is 0. The van der Waals surface area contributed by atoms with Gasteiger partial charge in [-0.2, -0.15) is 10.3 Å². The lowest BCUT2D eigenvalue weighted by atomic mass is 10.1. The number of ketones is 1. The van der Waals surface area contributed by atoms with Gasteiger partial charge in [-0.1, -0.05) is 12.1 Å². The maximum atomic E-state index is 12.1. The molecule has 2 heterocycles. The first-order chi connectivity index (χ1) is 11.1. The van der Waals surface area contributed by atoms with Crippen LogP contribution in [0.1, 0.15) is 27.6 Å². The van der Waals surface area contributed by atoms with Crippen LogP contribution in [-0.4, -0.2) is 41.7 Å². The molecule has 9 nitrogen and oxygen atoms in total. The lowest BCUT2D eigenvalue weighted by Gasteiger charge is -1.98. The Hall–Kier alpha value is -3.49. The standard InChI is InChI=1S/C14H13N7O2/c15-9-3-1-8(2-4-9)5-10-6-11(17-16-10)12(22)7-13(23)14-18-20-21-19-14/h1-4,6-7,23H,5,15H2,(H,16,17)(H,18,19,20,21). The number of anilines is 1. The molecular formula is C14H13N7O2. The van der Waals surface area contributed by atoms with Gasteiger partial charge in [0.1, 0.15) is 5.69 Å². The fraction of sp³-hybridized carbons (Fsp3) is 0.0714. The normalized spacial score (nSPS) is 11.6. The number of nitrogens with zero attached hydrogens (tertiary/aromatic N) is 4. The van der Waals surface area contributed by atoms with Crippen LogP contribution in [-0.2, 0) is 6.42 Å². The molecule has 5 N–H and O–H groups in total. The second-order valence-corrected chi connectivity index (χ2v) is 4.82. The molecular weight excluding hydrogens is 298 g/mol. The van der Waals surface area contributed by atoms with Crippen LogP contribution in [0.15, 0.2) is 36.4 Å². The zero-order valence-corrected chi connectivity index (χ0v) is 11.9. The Morgan fingerprint density at radius 2 is 2.04 bits per heavy atom. The number of H-pyrrole nitrogens is 2. The highest BCUT2D eigenvalue weighted by Crippen LogP contribution is 2.12. The third-order valence-corrected chi connectivity index (χ3v) is 3.10. The molecule has 0 atom stereocenters. The van der Waals surface area contributed by atoms with Crippen LogP contribution >= 0.6 is 0 Å². The largest absolute Gasteiger partial charge is 0.504 e. The summed E-state index contributed by atoms with van der Waals surface area (Å²) in [5.41, 5.74) is 8.30. The van der Waals surface area contributed by atoms with E-state index in [2.05, 4.69) is 30.8 Å². The third-order valence-electron chi connectivity index (χ3n) is 3.10. The second-order valence-electron chi connectivity index (χ2n) is 4.82. The molecule has 3 rings (SSSR count). The predicted octanol–water partition coefficient (Wildman–Crippen LogP) is 0.878. The Bertz CT molecular complexity index is 834. The number of nitrogens with one attached hydrogen (secondary N) is 2. The first kappa shape index (κ1) is 14.4. The van der Waals surface area contributed by atoms with Crippen molar-refractivity contribution in [2.24, 2.45) is 0 Å². The van der Waals surface area contributed by atoms with Crippen molar-refractivity contribution in [2.75, 3.05) is 5.73 Å². The molecule has 0 amide bonds. The zero-order valence-electron chi connectivity index (χ0n) is 11.9. The number of aromatic amines is 2. The number of aromatic nitrogens is 6. The first-order valence-corrected chi connectivity index (χ1v) is 6.69. The number of nitrogens with two attached hydrogens (primary N) is 1. The SMILES string of the molecule is Nc1ccc(Cc2cc(C(=O)C=C(O)c3nn[nH]n3)[nH]n2)cc1. The number of aliphatic hydroxyl groups is 1. The van der Waals surface area contributed by atoms with Gasteiger partial charge in [-0.3, -0.25) is 9.89 Å². The molecule has 0 unspecified atom stereocenters. The molecule has 0 radical (unpaired) electrons. The third kappa shape index (κ3) is 3.40. The fourth-order valence-electron chi connectivity index (χ4n) is 1.96. The van der Waals surface area contributed by atoms with Crippen molar-refractivity contribution >= 4 is 17.2 Å². The van der Waals surface area contributed by atoms with E-state index < -0.39 is 5.78 Å². The van der Waals surface area contributed by atoms with E-state index >= 15 is 0 Å². The molecule has 9 heteroatoms. The summed E-state index contributed by atoms with van der Waals surface area (Å²) in [4.78, 5) is 12.1. The van der Waals surface area contributed by atoms with E-state index in [0.717, 1.165) is 11.6 Å². The summed E-state index contributed by atoms with van der Waals surface area (Å²) in [5.74, 6) is -0.873. The average Bonchev–Trinajstić information content (AvgIpc) is 3.21. The van der Waals surface area contributed by atoms with Crippen molar-refractivity contribution < 1.29 is 9.90 Å². The van der Waals surface area contributed by atoms with E-state index in [1.165, 1.54) is 0 Å². The van der Waals surface area contributed by atoms with Crippen molar-refractivity contribution in [3.05, 3.63) is 59.2 Å². The van der Waals surface area contributed by atoms with E-state index in [4.69, 9.17) is 5.73 Å². The molecule has 0 aliphatic carbocycles. The monoisotopic (exact) mass is 311 g/mol. The van der Waals surface area contributed by atoms with Gasteiger partial charge >= 0.3 is 0 Å². The molecule has 0 saturated heterocycles. The Kier molecular flexibility index (Phi) is 3.83. The minimum Gasteiger partial charge on any atom is -0.504 e. The lowest BCUT2D eigenvalue weighted by molar-refractivity contribution is 0.104. The van der Waals surface area contributed by atoms with Crippen molar-refractivity contribution in [3.8, 4) is 0 Å². The summed E-state index contributed by atoms with van der Waals surface area (Å²) in [5, 5.41) is 29.1. The molecule has 3 aromatic rings. The van der Waals surface area contributed by atoms with Crippen molar-refractivity contribution in [2.45, 2.75) is 6.42 Å². The minimum absolute atomic E-state index is 0.0556. The molecule has 1 aromatic carbocycles. The van der Waals surface area contributed by atoms with Gasteiger partial charge in [0.25, 0.3) is 0 Å². The summed E-state index contributed by atoms with van der Waals surface area (Å²) in [6.07, 6.45) is 1.57. The molecule has 23 heavy (non-hydrogen) atoms. The van der Waals surface area contributed by atoms with E-state index in [1.54, 1.807) is 18.2 Å². The number of rotatable bonds is 5. The molecule has 0 aliphatic rings. The van der Waals surface area contributed by atoms with Gasteiger partial charge in [0.05, 0.1) is 5.69 Å². The molecule has 116 valence electrons. The molecule has 2 aromatic heterocycles. The number of carbonyl (C=O) groups excluding carboxylic acids is 1. The number of nitrogen functional groups attached to an aromatic ring is 1. The fourth-order valence-corrected chi connectivity index (χ4v) is 1.96. The Balaban J connectivity index is 1.72. The smallest absolute Gasteiger partial charge is 0.239 e. The lowest BCUT2D eigenvalue weighted by Crippen LogP contribution is -1.98. The second kappa shape index (κ2) is 6.10. The zero-order chi connectivity index (χ0) is 16.2. The van der Waals surface area contributed by atoms with E-state index in [0.29, 0.717) is 17.8 Å². The highest BCUT2D eigenvalue weighted by Gasteiger charge is 2.12. The number of hydrogen-bond acceptors (Lipinski definition) is 7. The Morgan fingerprint density at radius 3 is 2.74 bits per heavy atom. The van der Waals surface area contributed by atoms with Crippen LogP contribution in [0.25, 0.3) is 5.76 Å². The van der Waals surface area contributed by atoms with Gasteiger partial charge in [0, 0.05) is 18.2 Å². The number of carbonyl (C=O) groups is 1. The summed E-state index contributed by atoms with van der Waals surface area (Å²) in [6.45, 7) is 0. The maximum absolute atomic E-state index is 12.1. The van der Waals surface area contributed by atoms with Gasteiger partial charge in [-0.15, -0.1) is 10.2 Å². The van der Waals surface area contributed by atoms with Gasteiger partial charge in [0.15, 0.2) is 5.76 Å². The summed E-state index contributed by atoms with van der Waals surface area (Å²) in [7, 11) is 0. The van der Waals surface area contributed by atoms with E-state index in [9.17, 15) is 9.90 Å². The van der Waals surface area contributed by atoms with Gasteiger partial charge in [-0.05, 0) is 29.0 Å². The molecule has 0 bridgehead atoms. The van der Waals surface area contributed by atoms with Crippen LogP contribution < -0.4 is 5.73 Å². The van der Waals surface area contributed by atoms with Gasteiger partial charge in [-0.25, -0.2) is 0 Å². The number of allylic oxidation sites excluding steroid dienone is 1. The van der Waals surface area contributed by atoms with Gasteiger partial charge < -0.3 is 10.8 Å². The summed E-state index contributed by atoms with van der Waals surface area (Å²) < 4.78 is 0. The number of aliphatic hydroxyl groups excluding tert-OH is 1.